The van der Waals surface area contributed by atoms with Crippen LogP contribution in [0.1, 0.15) is 20.0 Å². The van der Waals surface area contributed by atoms with E-state index in [0.717, 1.165) is 0 Å². The molecule has 0 fully saturated rings. The average molecular weight is 348 g/mol. The molecule has 9 heteroatoms. The maximum absolute atomic E-state index is 12.1. The topological polar surface area (TPSA) is 59.8 Å². The van der Waals surface area contributed by atoms with E-state index in [1.807, 2.05) is 0 Å². The van der Waals surface area contributed by atoms with E-state index >= 15 is 0 Å². The van der Waals surface area contributed by atoms with Gasteiger partial charge in [-0.3, -0.25) is 4.79 Å². The van der Waals surface area contributed by atoms with Gasteiger partial charge in [0.15, 0.2) is 10.5 Å². The summed E-state index contributed by atoms with van der Waals surface area (Å²) < 4.78 is -0.0854. The number of aromatic nitrogens is 3. The lowest BCUT2D eigenvalue weighted by atomic mass is 9.95. The Morgan fingerprint density at radius 3 is 2.42 bits per heavy atom. The van der Waals surface area contributed by atoms with Gasteiger partial charge < -0.3 is 5.32 Å². The molecular weight excluding hydrogens is 334 g/mol. The highest BCUT2D eigenvalue weighted by molar-refractivity contribution is 6.51. The number of nitrogens with zero attached hydrogens (tertiary/aromatic N) is 3. The van der Waals surface area contributed by atoms with Crippen LogP contribution in [-0.4, -0.2) is 36.8 Å². The van der Waals surface area contributed by atoms with Crippen LogP contribution in [0, 0.1) is 5.41 Å². The molecule has 19 heavy (non-hydrogen) atoms. The van der Waals surface area contributed by atoms with Gasteiger partial charge in [-0.25, -0.2) is 9.67 Å². The second kappa shape index (κ2) is 6.48. The summed E-state index contributed by atoms with van der Waals surface area (Å²) in [6.07, 6.45) is 1.86. The number of carbonyl (C=O) groups is 1. The molecule has 0 aromatic carbocycles. The monoisotopic (exact) mass is 346 g/mol. The van der Waals surface area contributed by atoms with Crippen molar-refractivity contribution in [2.24, 2.45) is 5.41 Å². The minimum absolute atomic E-state index is 0.0950. The molecule has 1 heterocycles. The van der Waals surface area contributed by atoms with Crippen molar-refractivity contribution in [1.29, 1.82) is 0 Å². The highest BCUT2D eigenvalue weighted by Gasteiger charge is 2.40. The molecule has 1 amide bonds. The van der Waals surface area contributed by atoms with Crippen molar-refractivity contribution in [1.82, 2.24) is 20.1 Å². The summed E-state index contributed by atoms with van der Waals surface area (Å²) >= 11 is 23.7. The zero-order valence-corrected chi connectivity index (χ0v) is 13.4. The van der Waals surface area contributed by atoms with Gasteiger partial charge in [-0.1, -0.05) is 23.2 Å². The van der Waals surface area contributed by atoms with Crippen molar-refractivity contribution in [3.05, 3.63) is 12.7 Å². The molecule has 1 aromatic heterocycles. The van der Waals surface area contributed by atoms with Crippen molar-refractivity contribution in [3.8, 4) is 0 Å². The van der Waals surface area contributed by atoms with E-state index in [1.165, 1.54) is 17.3 Å². The Hall–Kier alpha value is -0.230. The number of hydrogen-bond acceptors (Lipinski definition) is 3. The van der Waals surface area contributed by atoms with Gasteiger partial charge in [0, 0.05) is 5.88 Å². The molecule has 1 N–H and O–H groups in total. The van der Waals surface area contributed by atoms with Crippen LogP contribution in [0.3, 0.4) is 0 Å². The van der Waals surface area contributed by atoms with E-state index in [-0.39, 0.29) is 17.7 Å². The second-order valence-electron chi connectivity index (χ2n) is 4.66. The van der Waals surface area contributed by atoms with E-state index in [9.17, 15) is 4.79 Å². The molecule has 108 valence electrons. The Morgan fingerprint density at radius 2 is 2.00 bits per heavy atom. The van der Waals surface area contributed by atoms with Crippen LogP contribution < -0.4 is 5.32 Å². The SMILES string of the molecule is CC(C)(CCl)C(=O)NC(n1cncn1)C(Cl)(Cl)CCl. The Bertz CT molecular complexity index is 421. The maximum Gasteiger partial charge on any atom is 0.228 e. The van der Waals surface area contributed by atoms with Crippen molar-refractivity contribution >= 4 is 52.3 Å². The number of hydrogen-bond donors (Lipinski definition) is 1. The largest absolute Gasteiger partial charge is 0.331 e. The Kier molecular flexibility index (Phi) is 5.74. The average Bonchev–Trinajstić information content (AvgIpc) is 2.88. The van der Waals surface area contributed by atoms with E-state index in [2.05, 4.69) is 15.4 Å². The molecule has 1 aromatic rings. The highest BCUT2D eigenvalue weighted by atomic mass is 35.5. The summed E-state index contributed by atoms with van der Waals surface area (Å²) in [7, 11) is 0. The number of alkyl halides is 4. The molecule has 1 unspecified atom stereocenters. The fourth-order valence-electron chi connectivity index (χ4n) is 1.17. The van der Waals surface area contributed by atoms with Crippen LogP contribution >= 0.6 is 46.4 Å². The van der Waals surface area contributed by atoms with Gasteiger partial charge in [-0.2, -0.15) is 5.10 Å². The number of rotatable bonds is 6. The molecule has 0 aliphatic carbocycles. The zero-order valence-electron chi connectivity index (χ0n) is 10.4. The molecule has 0 aliphatic rings. The molecule has 0 radical (unpaired) electrons. The van der Waals surface area contributed by atoms with Crippen LogP contribution in [0.15, 0.2) is 12.7 Å². The van der Waals surface area contributed by atoms with E-state index in [4.69, 9.17) is 46.4 Å². The summed E-state index contributed by atoms with van der Waals surface area (Å²) in [4.78, 5) is 15.9. The molecular formula is C10H14Cl4N4O. The predicted molar refractivity (Wildman–Crippen MR) is 76.9 cm³/mol. The number of amides is 1. The Labute approximate surface area is 131 Å². The number of nitrogens with one attached hydrogen (secondary N) is 1. The quantitative estimate of drug-likeness (QED) is 0.804. The third-order valence-corrected chi connectivity index (χ3v) is 4.54. The normalized spacial score (nSPS) is 14.2. The summed E-state index contributed by atoms with van der Waals surface area (Å²) in [5.74, 6) is -0.248. The van der Waals surface area contributed by atoms with E-state index in [0.29, 0.717) is 0 Å². The predicted octanol–water partition coefficient (Wildman–Crippen LogP) is 2.57. The first-order chi connectivity index (χ1) is 8.74. The number of halogens is 4. The summed E-state index contributed by atoms with van der Waals surface area (Å²) in [6.45, 7) is 3.41. The van der Waals surface area contributed by atoms with Gasteiger partial charge in [-0.05, 0) is 13.8 Å². The Balaban J connectivity index is 2.98. The summed E-state index contributed by atoms with van der Waals surface area (Å²) in [5.41, 5.74) is -0.767. The summed E-state index contributed by atoms with van der Waals surface area (Å²) in [5, 5.41) is 6.61. The first-order valence-electron chi connectivity index (χ1n) is 5.39. The third kappa shape index (κ3) is 4.12. The minimum Gasteiger partial charge on any atom is -0.331 e. The fourth-order valence-corrected chi connectivity index (χ4v) is 1.75. The van der Waals surface area contributed by atoms with Gasteiger partial charge in [0.2, 0.25) is 5.91 Å². The molecule has 1 atom stereocenters. The van der Waals surface area contributed by atoms with Crippen molar-refractivity contribution in [2.45, 2.75) is 24.3 Å². The fraction of sp³-hybridized carbons (Fsp3) is 0.700. The molecule has 0 aliphatic heterocycles. The molecule has 0 spiro atoms. The van der Waals surface area contributed by atoms with Crippen LogP contribution in [0.25, 0.3) is 0 Å². The van der Waals surface area contributed by atoms with E-state index < -0.39 is 15.9 Å². The molecule has 0 saturated heterocycles. The first kappa shape index (κ1) is 16.8. The summed E-state index contributed by atoms with van der Waals surface area (Å²) in [6, 6.07) is 0. The van der Waals surface area contributed by atoms with Crippen LogP contribution in [0.4, 0.5) is 0 Å². The van der Waals surface area contributed by atoms with Gasteiger partial charge >= 0.3 is 0 Å². The second-order valence-corrected chi connectivity index (χ2v) is 6.74. The Morgan fingerprint density at radius 1 is 1.37 bits per heavy atom. The lowest BCUT2D eigenvalue weighted by Gasteiger charge is -2.31. The van der Waals surface area contributed by atoms with Crippen LogP contribution in [0.5, 0.6) is 0 Å². The van der Waals surface area contributed by atoms with Gasteiger partial charge in [0.05, 0.1) is 11.3 Å². The van der Waals surface area contributed by atoms with Crippen molar-refractivity contribution < 1.29 is 4.79 Å². The zero-order chi connectivity index (χ0) is 14.7. The van der Waals surface area contributed by atoms with Gasteiger partial charge in [0.1, 0.15) is 12.7 Å². The maximum atomic E-state index is 12.1. The lowest BCUT2D eigenvalue weighted by Crippen LogP contribution is -2.48. The number of carbonyl (C=O) groups excluding carboxylic acids is 1. The standard InChI is InChI=1S/C10H14Cl4N4O/c1-9(2,3-11)8(19)17-7(10(13,14)4-12)18-6-15-5-16-18/h5-7H,3-4H2,1-2H3,(H,17,19). The molecule has 5 nitrogen and oxygen atoms in total. The lowest BCUT2D eigenvalue weighted by molar-refractivity contribution is -0.129. The van der Waals surface area contributed by atoms with Gasteiger partial charge in [0.25, 0.3) is 0 Å². The highest BCUT2D eigenvalue weighted by Crippen LogP contribution is 2.34. The van der Waals surface area contributed by atoms with E-state index in [1.54, 1.807) is 13.8 Å². The van der Waals surface area contributed by atoms with Crippen molar-refractivity contribution in [2.75, 3.05) is 11.8 Å². The van der Waals surface area contributed by atoms with Crippen molar-refractivity contribution in [3.63, 3.8) is 0 Å². The smallest absolute Gasteiger partial charge is 0.228 e. The van der Waals surface area contributed by atoms with Gasteiger partial charge in [-0.15, -0.1) is 23.2 Å². The van der Waals surface area contributed by atoms with Crippen LogP contribution in [0.2, 0.25) is 0 Å². The third-order valence-electron chi connectivity index (χ3n) is 2.50. The van der Waals surface area contributed by atoms with Crippen LogP contribution in [-0.2, 0) is 4.79 Å². The first-order valence-corrected chi connectivity index (χ1v) is 7.22. The minimum atomic E-state index is -1.42. The molecule has 1 rings (SSSR count). The molecule has 0 bridgehead atoms. The molecule has 0 saturated carbocycles.